The molecule has 0 spiro atoms. The second-order valence-corrected chi connectivity index (χ2v) is 4.37. The molecule has 0 aliphatic heterocycles. The predicted octanol–water partition coefficient (Wildman–Crippen LogP) is 2.72. The van der Waals surface area contributed by atoms with Gasteiger partial charge >= 0.3 is 0 Å². The first kappa shape index (κ1) is 14.4. The van der Waals surface area contributed by atoms with Crippen LogP contribution in [0.3, 0.4) is 0 Å². The Hall–Kier alpha value is -3.00. The van der Waals surface area contributed by atoms with Crippen molar-refractivity contribution >= 4 is 11.5 Å². The first-order valence-electron chi connectivity index (χ1n) is 6.40. The summed E-state index contributed by atoms with van der Waals surface area (Å²) in [6.07, 6.45) is 4.00. The molecule has 0 aliphatic carbocycles. The van der Waals surface area contributed by atoms with Crippen molar-refractivity contribution in [1.82, 2.24) is 15.0 Å². The Bertz CT molecular complexity index is 746. The van der Waals surface area contributed by atoms with Gasteiger partial charge in [0.25, 0.3) is 0 Å². The van der Waals surface area contributed by atoms with Gasteiger partial charge in [0.1, 0.15) is 5.69 Å². The number of hydrogen-bond donors (Lipinski definition) is 0. The smallest absolute Gasteiger partial charge is 0.174 e. The minimum absolute atomic E-state index is 0.580. The lowest BCUT2D eigenvalue weighted by molar-refractivity contribution is 0.716. The van der Waals surface area contributed by atoms with Gasteiger partial charge in [-0.15, -0.1) is 11.7 Å². The topological polar surface area (TPSA) is 66.9 Å². The molecule has 0 radical (unpaired) electrons. The number of rotatable bonds is 5. The highest BCUT2D eigenvalue weighted by Crippen LogP contribution is 2.19. The van der Waals surface area contributed by atoms with E-state index in [1.807, 2.05) is 12.1 Å². The summed E-state index contributed by atoms with van der Waals surface area (Å²) >= 11 is 0. The van der Waals surface area contributed by atoms with Gasteiger partial charge in [0, 0.05) is 19.0 Å². The van der Waals surface area contributed by atoms with Gasteiger partial charge in [-0.3, -0.25) is 0 Å². The number of nitriles is 1. The van der Waals surface area contributed by atoms with E-state index in [0.29, 0.717) is 23.5 Å². The van der Waals surface area contributed by atoms with E-state index in [2.05, 4.69) is 34.5 Å². The summed E-state index contributed by atoms with van der Waals surface area (Å²) in [5, 5.41) is 17.0. The fraction of sp³-hybridized carbons (Fsp3) is 0.125. The molecule has 0 bridgehead atoms. The highest BCUT2D eigenvalue weighted by molar-refractivity contribution is 6.09. The quantitative estimate of drug-likeness (QED) is 0.623. The molecule has 0 N–H and O–H groups in total. The van der Waals surface area contributed by atoms with Crippen LogP contribution < -0.4 is 0 Å². The van der Waals surface area contributed by atoms with Crippen molar-refractivity contribution in [3.8, 4) is 6.07 Å². The molecule has 2 aromatic rings. The third kappa shape index (κ3) is 3.12. The number of aryl methyl sites for hydroxylation is 1. The number of allylic oxidation sites excluding steroid dienone is 2. The van der Waals surface area contributed by atoms with Crippen LogP contribution in [-0.4, -0.2) is 20.7 Å². The average molecular weight is 277 g/mol. The van der Waals surface area contributed by atoms with Gasteiger partial charge in [-0.2, -0.15) is 5.26 Å². The van der Waals surface area contributed by atoms with Gasteiger partial charge in [-0.1, -0.05) is 30.0 Å². The predicted molar refractivity (Wildman–Crippen MR) is 82.5 cm³/mol. The van der Waals surface area contributed by atoms with Crippen LogP contribution in [0.5, 0.6) is 0 Å². The van der Waals surface area contributed by atoms with Crippen molar-refractivity contribution in [2.45, 2.75) is 6.42 Å². The Morgan fingerprint density at radius 1 is 1.48 bits per heavy atom. The maximum absolute atomic E-state index is 8.98. The zero-order chi connectivity index (χ0) is 15.2. The van der Waals surface area contributed by atoms with Crippen LogP contribution in [0.25, 0.3) is 0 Å². The van der Waals surface area contributed by atoms with Crippen molar-refractivity contribution in [2.75, 3.05) is 0 Å². The molecule has 1 aromatic carbocycles. The molecule has 0 unspecified atom stereocenters. The lowest BCUT2D eigenvalue weighted by Gasteiger charge is -2.03. The summed E-state index contributed by atoms with van der Waals surface area (Å²) < 4.78 is 1.61. The molecule has 0 fully saturated rings. The van der Waals surface area contributed by atoms with Crippen LogP contribution in [0.1, 0.15) is 16.8 Å². The van der Waals surface area contributed by atoms with Crippen LogP contribution in [0, 0.1) is 11.3 Å². The summed E-state index contributed by atoms with van der Waals surface area (Å²) in [5.41, 5.74) is 2.83. The third-order valence-corrected chi connectivity index (χ3v) is 2.91. The molecule has 0 saturated heterocycles. The summed E-state index contributed by atoms with van der Waals surface area (Å²) in [4.78, 5) is 4.58. The highest BCUT2D eigenvalue weighted by atomic mass is 15.4. The first-order chi connectivity index (χ1) is 10.2. The molecule has 1 heterocycles. The van der Waals surface area contributed by atoms with Crippen molar-refractivity contribution < 1.29 is 0 Å². The molecule has 1 aromatic heterocycles. The van der Waals surface area contributed by atoms with E-state index < -0.39 is 0 Å². The second kappa shape index (κ2) is 6.44. The van der Waals surface area contributed by atoms with Gasteiger partial charge in [0.2, 0.25) is 0 Å². The Balaban J connectivity index is 2.50. The monoisotopic (exact) mass is 277 g/mol. The van der Waals surface area contributed by atoms with E-state index in [0.717, 1.165) is 11.3 Å². The van der Waals surface area contributed by atoms with Crippen LogP contribution in [0.4, 0.5) is 5.82 Å². The standard InChI is InChI=1S/C16H15N5/c1-4-7-15-16(21(3)20-19-15)18-14(5-2)13-9-6-8-12(10-13)11-17/h4-6,8-10H,1-2,7H2,3H3. The highest BCUT2D eigenvalue weighted by Gasteiger charge is 2.10. The second-order valence-electron chi connectivity index (χ2n) is 4.37. The third-order valence-electron chi connectivity index (χ3n) is 2.91. The summed E-state index contributed by atoms with van der Waals surface area (Å²) in [7, 11) is 1.78. The van der Waals surface area contributed by atoms with Crippen molar-refractivity contribution in [2.24, 2.45) is 12.0 Å². The zero-order valence-corrected chi connectivity index (χ0v) is 11.8. The van der Waals surface area contributed by atoms with E-state index in [1.54, 1.807) is 36.0 Å². The normalized spacial score (nSPS) is 11.0. The average Bonchev–Trinajstić information content (AvgIpc) is 2.85. The molecule has 0 amide bonds. The van der Waals surface area contributed by atoms with Gasteiger partial charge in [0.05, 0.1) is 17.3 Å². The molecule has 0 saturated carbocycles. The molecule has 0 aliphatic rings. The van der Waals surface area contributed by atoms with Gasteiger partial charge in [-0.05, 0) is 18.2 Å². The largest absolute Gasteiger partial charge is 0.230 e. The molecular formula is C16H15N5. The maximum atomic E-state index is 8.98. The number of hydrogen-bond acceptors (Lipinski definition) is 4. The Morgan fingerprint density at radius 2 is 2.29 bits per heavy atom. The number of benzene rings is 1. The van der Waals surface area contributed by atoms with Gasteiger partial charge < -0.3 is 0 Å². The minimum atomic E-state index is 0.580. The summed E-state index contributed by atoms with van der Waals surface area (Å²) in [6, 6.07) is 9.35. The molecule has 2 rings (SSSR count). The molecule has 21 heavy (non-hydrogen) atoms. The van der Waals surface area contributed by atoms with Crippen molar-refractivity contribution in [1.29, 1.82) is 5.26 Å². The van der Waals surface area contributed by atoms with Gasteiger partial charge in [-0.25, -0.2) is 9.67 Å². The van der Waals surface area contributed by atoms with E-state index >= 15 is 0 Å². The van der Waals surface area contributed by atoms with Crippen molar-refractivity contribution in [3.63, 3.8) is 0 Å². The van der Waals surface area contributed by atoms with Gasteiger partial charge in [0.15, 0.2) is 5.82 Å². The molecule has 104 valence electrons. The maximum Gasteiger partial charge on any atom is 0.174 e. The lowest BCUT2D eigenvalue weighted by Crippen LogP contribution is -1.99. The zero-order valence-electron chi connectivity index (χ0n) is 11.8. The minimum Gasteiger partial charge on any atom is -0.230 e. The molecular weight excluding hydrogens is 262 g/mol. The number of aromatic nitrogens is 3. The van der Waals surface area contributed by atoms with E-state index in [1.165, 1.54) is 0 Å². The van der Waals surface area contributed by atoms with E-state index in [4.69, 9.17) is 5.26 Å². The van der Waals surface area contributed by atoms with Crippen molar-refractivity contribution in [3.05, 3.63) is 66.4 Å². The number of nitrogens with zero attached hydrogens (tertiary/aromatic N) is 5. The lowest BCUT2D eigenvalue weighted by atomic mass is 10.1. The van der Waals surface area contributed by atoms with Crippen LogP contribution in [-0.2, 0) is 13.5 Å². The van der Waals surface area contributed by atoms with Crippen LogP contribution in [0.15, 0.2) is 54.6 Å². The molecule has 5 heteroatoms. The fourth-order valence-corrected chi connectivity index (χ4v) is 1.89. The van der Waals surface area contributed by atoms with E-state index in [-0.39, 0.29) is 0 Å². The molecule has 0 atom stereocenters. The Morgan fingerprint density at radius 3 is 2.95 bits per heavy atom. The fourth-order valence-electron chi connectivity index (χ4n) is 1.89. The summed E-state index contributed by atoms with van der Waals surface area (Å²) in [5.74, 6) is 0.659. The Kier molecular flexibility index (Phi) is 4.42. The summed E-state index contributed by atoms with van der Waals surface area (Å²) in [6.45, 7) is 7.50. The van der Waals surface area contributed by atoms with Crippen LogP contribution in [0.2, 0.25) is 0 Å². The van der Waals surface area contributed by atoms with Crippen LogP contribution >= 0.6 is 0 Å². The Labute approximate surface area is 123 Å². The molecule has 5 nitrogen and oxygen atoms in total. The first-order valence-corrected chi connectivity index (χ1v) is 6.40. The van der Waals surface area contributed by atoms with E-state index in [9.17, 15) is 0 Å². The SMILES string of the molecule is C=CCc1nnn(C)c1N=C(C=C)c1cccc(C#N)c1. The number of aliphatic imine (C=N–C) groups is 1.